The second-order valence-corrected chi connectivity index (χ2v) is 5.65. The minimum absolute atomic E-state index is 0.413. The molecule has 18 heavy (non-hydrogen) atoms. The van der Waals surface area contributed by atoms with E-state index in [0.29, 0.717) is 5.88 Å². The monoisotopic (exact) mass is 330 g/mol. The molecule has 0 saturated heterocycles. The van der Waals surface area contributed by atoms with E-state index in [1.165, 1.54) is 0 Å². The summed E-state index contributed by atoms with van der Waals surface area (Å²) in [6.45, 7) is 1.93. The first-order valence-corrected chi connectivity index (χ1v) is 7.16. The van der Waals surface area contributed by atoms with Gasteiger partial charge >= 0.3 is 0 Å². The fraction of sp³-hybridized carbons (Fsp3) is 0.500. The molecule has 0 unspecified atom stereocenters. The summed E-state index contributed by atoms with van der Waals surface area (Å²) in [6, 6.07) is 1.97. The van der Waals surface area contributed by atoms with Crippen LogP contribution in [0.2, 0.25) is 0 Å². The zero-order valence-electron chi connectivity index (χ0n) is 10.5. The molecule has 0 radical (unpaired) electrons. The van der Waals surface area contributed by atoms with Crippen molar-refractivity contribution < 1.29 is 0 Å². The Balaban J connectivity index is 2.29. The first-order chi connectivity index (χ1) is 8.61. The van der Waals surface area contributed by atoms with Crippen LogP contribution in [0.5, 0.6) is 0 Å². The molecule has 0 aliphatic carbocycles. The minimum atomic E-state index is 0.413. The highest BCUT2D eigenvalue weighted by Gasteiger charge is 2.11. The first-order valence-electron chi connectivity index (χ1n) is 5.83. The zero-order chi connectivity index (χ0) is 13.1. The Morgan fingerprint density at radius 2 is 2.22 bits per heavy atom. The fourth-order valence-electron chi connectivity index (χ4n) is 1.92. The van der Waals surface area contributed by atoms with Crippen LogP contribution >= 0.6 is 27.5 Å². The van der Waals surface area contributed by atoms with E-state index in [-0.39, 0.29) is 0 Å². The van der Waals surface area contributed by atoms with Gasteiger partial charge in [-0.1, -0.05) is 0 Å². The SMILES string of the molecule is CN(C)CCCn1c(CCl)nc2cc(Br)cnc21. The lowest BCUT2D eigenvalue weighted by Gasteiger charge is -2.11. The lowest BCUT2D eigenvalue weighted by Crippen LogP contribution is -2.15. The van der Waals surface area contributed by atoms with Gasteiger partial charge in [0.15, 0.2) is 5.65 Å². The van der Waals surface area contributed by atoms with Gasteiger partial charge in [-0.2, -0.15) is 0 Å². The molecule has 2 aromatic rings. The Hall–Kier alpha value is -0.650. The molecule has 2 rings (SSSR count). The van der Waals surface area contributed by atoms with Crippen LogP contribution in [-0.4, -0.2) is 40.1 Å². The van der Waals surface area contributed by atoms with Crippen LogP contribution in [0.25, 0.3) is 11.2 Å². The Morgan fingerprint density at radius 1 is 1.44 bits per heavy atom. The molecule has 0 bridgehead atoms. The molecule has 0 aliphatic heterocycles. The summed E-state index contributed by atoms with van der Waals surface area (Å²) >= 11 is 9.36. The molecular weight excluding hydrogens is 316 g/mol. The van der Waals surface area contributed by atoms with E-state index in [1.54, 1.807) is 6.20 Å². The van der Waals surface area contributed by atoms with E-state index < -0.39 is 0 Å². The summed E-state index contributed by atoms with van der Waals surface area (Å²) < 4.78 is 3.05. The second-order valence-electron chi connectivity index (χ2n) is 4.47. The molecule has 0 atom stereocenters. The van der Waals surface area contributed by atoms with Gasteiger partial charge in [-0.05, 0) is 49.1 Å². The minimum Gasteiger partial charge on any atom is -0.312 e. The van der Waals surface area contributed by atoms with E-state index in [9.17, 15) is 0 Å². The van der Waals surface area contributed by atoms with Crippen LogP contribution in [0.15, 0.2) is 16.7 Å². The Labute approximate surface area is 120 Å². The molecule has 0 amide bonds. The van der Waals surface area contributed by atoms with Crippen LogP contribution in [0.1, 0.15) is 12.2 Å². The highest BCUT2D eigenvalue weighted by Crippen LogP contribution is 2.19. The molecule has 0 aromatic carbocycles. The first kappa shape index (κ1) is 13.8. The van der Waals surface area contributed by atoms with Crippen molar-refractivity contribution in [3.63, 3.8) is 0 Å². The maximum absolute atomic E-state index is 5.95. The van der Waals surface area contributed by atoms with E-state index in [2.05, 4.69) is 49.5 Å². The van der Waals surface area contributed by atoms with Gasteiger partial charge in [0, 0.05) is 17.2 Å². The maximum atomic E-state index is 5.95. The molecule has 0 aliphatic rings. The Morgan fingerprint density at radius 3 is 2.89 bits per heavy atom. The smallest absolute Gasteiger partial charge is 0.160 e. The number of fused-ring (bicyclic) bond motifs is 1. The maximum Gasteiger partial charge on any atom is 0.160 e. The van der Waals surface area contributed by atoms with E-state index in [4.69, 9.17) is 11.6 Å². The van der Waals surface area contributed by atoms with E-state index >= 15 is 0 Å². The molecule has 0 N–H and O–H groups in total. The molecule has 98 valence electrons. The molecule has 6 heteroatoms. The number of aryl methyl sites for hydroxylation is 1. The normalized spacial score (nSPS) is 11.6. The fourth-order valence-corrected chi connectivity index (χ4v) is 2.44. The van der Waals surface area contributed by atoms with Crippen molar-refractivity contribution in [2.45, 2.75) is 18.8 Å². The topological polar surface area (TPSA) is 34.0 Å². The van der Waals surface area contributed by atoms with E-state index in [0.717, 1.165) is 41.0 Å². The zero-order valence-corrected chi connectivity index (χ0v) is 12.9. The summed E-state index contributed by atoms with van der Waals surface area (Å²) in [4.78, 5) is 11.1. The van der Waals surface area contributed by atoms with Gasteiger partial charge < -0.3 is 9.47 Å². The standard InChI is InChI=1S/C12H16BrClN4/c1-17(2)4-3-5-18-11(7-14)16-10-6-9(13)8-15-12(10)18/h6,8H,3-5,7H2,1-2H3. The van der Waals surface area contributed by atoms with Gasteiger partial charge in [0.2, 0.25) is 0 Å². The van der Waals surface area contributed by atoms with Crippen LogP contribution < -0.4 is 0 Å². The summed E-state index contributed by atoms with van der Waals surface area (Å²) in [5.41, 5.74) is 1.80. The summed E-state index contributed by atoms with van der Waals surface area (Å²) in [6.07, 6.45) is 2.85. The number of pyridine rings is 1. The molecule has 0 fully saturated rings. The van der Waals surface area contributed by atoms with Crippen molar-refractivity contribution in [2.75, 3.05) is 20.6 Å². The predicted octanol–water partition coefficient (Wildman–Crippen LogP) is 2.88. The van der Waals surface area contributed by atoms with Crippen molar-refractivity contribution in [1.82, 2.24) is 19.4 Å². The van der Waals surface area contributed by atoms with Gasteiger partial charge in [-0.3, -0.25) is 0 Å². The summed E-state index contributed by atoms with van der Waals surface area (Å²) in [5.74, 6) is 1.30. The Kier molecular flexibility index (Phi) is 4.59. The lowest BCUT2D eigenvalue weighted by molar-refractivity contribution is 0.386. The predicted molar refractivity (Wildman–Crippen MR) is 78.0 cm³/mol. The number of hydrogen-bond donors (Lipinski definition) is 0. The van der Waals surface area contributed by atoms with Gasteiger partial charge in [-0.15, -0.1) is 11.6 Å². The number of halogens is 2. The van der Waals surface area contributed by atoms with Crippen molar-refractivity contribution in [3.05, 3.63) is 22.6 Å². The number of imidazole rings is 1. The number of aromatic nitrogens is 3. The summed E-state index contributed by atoms with van der Waals surface area (Å²) in [7, 11) is 4.15. The average molecular weight is 332 g/mol. The van der Waals surface area contributed by atoms with E-state index in [1.807, 2.05) is 6.07 Å². The highest BCUT2D eigenvalue weighted by molar-refractivity contribution is 9.10. The molecular formula is C12H16BrClN4. The van der Waals surface area contributed by atoms with Crippen LogP contribution in [0.3, 0.4) is 0 Å². The van der Waals surface area contributed by atoms with Crippen LogP contribution in [0.4, 0.5) is 0 Å². The summed E-state index contributed by atoms with van der Waals surface area (Å²) in [5, 5.41) is 0. The number of hydrogen-bond acceptors (Lipinski definition) is 3. The van der Waals surface area contributed by atoms with Crippen molar-refractivity contribution in [1.29, 1.82) is 0 Å². The quantitative estimate of drug-likeness (QED) is 0.790. The van der Waals surface area contributed by atoms with Crippen molar-refractivity contribution in [2.24, 2.45) is 0 Å². The van der Waals surface area contributed by atoms with Gasteiger partial charge in [-0.25, -0.2) is 9.97 Å². The van der Waals surface area contributed by atoms with Gasteiger partial charge in [0.1, 0.15) is 11.3 Å². The highest BCUT2D eigenvalue weighted by atomic mass is 79.9. The molecule has 4 nitrogen and oxygen atoms in total. The Bertz CT molecular complexity index is 538. The van der Waals surface area contributed by atoms with Gasteiger partial charge in [0.25, 0.3) is 0 Å². The van der Waals surface area contributed by atoms with Gasteiger partial charge in [0.05, 0.1) is 5.88 Å². The lowest BCUT2D eigenvalue weighted by atomic mass is 10.4. The number of rotatable bonds is 5. The third-order valence-electron chi connectivity index (χ3n) is 2.74. The molecule has 2 heterocycles. The third-order valence-corrected chi connectivity index (χ3v) is 3.41. The second kappa shape index (κ2) is 5.99. The third kappa shape index (κ3) is 3.02. The molecule has 2 aromatic heterocycles. The van der Waals surface area contributed by atoms with Crippen LogP contribution in [0, 0.1) is 0 Å². The molecule has 0 saturated carbocycles. The number of nitrogens with zero attached hydrogens (tertiary/aromatic N) is 4. The van der Waals surface area contributed by atoms with Crippen LogP contribution in [-0.2, 0) is 12.4 Å². The van der Waals surface area contributed by atoms with Crippen molar-refractivity contribution >= 4 is 38.7 Å². The largest absolute Gasteiger partial charge is 0.312 e. The molecule has 0 spiro atoms. The number of alkyl halides is 1. The van der Waals surface area contributed by atoms with Crippen molar-refractivity contribution in [3.8, 4) is 0 Å². The average Bonchev–Trinajstić information content (AvgIpc) is 2.66.